The number of aromatic hydroxyl groups is 1. The molecule has 0 saturated heterocycles. The summed E-state index contributed by atoms with van der Waals surface area (Å²) in [5, 5.41) is 9.80. The van der Waals surface area contributed by atoms with E-state index in [9.17, 15) is 9.90 Å². The summed E-state index contributed by atoms with van der Waals surface area (Å²) in [6, 6.07) is 11.1. The highest BCUT2D eigenvalue weighted by Crippen LogP contribution is 2.30. The van der Waals surface area contributed by atoms with Crippen LogP contribution in [0.2, 0.25) is 0 Å². The highest BCUT2D eigenvalue weighted by Gasteiger charge is 2.33. The third-order valence-electron chi connectivity index (χ3n) is 3.76. The van der Waals surface area contributed by atoms with Crippen LogP contribution in [0.1, 0.15) is 29.9 Å². The van der Waals surface area contributed by atoms with Gasteiger partial charge in [-0.05, 0) is 38.0 Å². The van der Waals surface area contributed by atoms with Crippen molar-refractivity contribution < 1.29 is 14.3 Å². The van der Waals surface area contributed by atoms with Crippen molar-refractivity contribution in [1.29, 1.82) is 0 Å². The Balaban J connectivity index is 1.72. The molecule has 1 aliphatic rings. The van der Waals surface area contributed by atoms with Crippen LogP contribution in [0, 0.1) is 6.92 Å². The third kappa shape index (κ3) is 3.27. The third-order valence-corrected chi connectivity index (χ3v) is 3.76. The van der Waals surface area contributed by atoms with Gasteiger partial charge in [-0.2, -0.15) is 0 Å². The maximum absolute atomic E-state index is 12.5. The molecule has 4 nitrogen and oxygen atoms in total. The van der Waals surface area contributed by atoms with E-state index < -0.39 is 0 Å². The van der Waals surface area contributed by atoms with Crippen LogP contribution < -0.4 is 0 Å². The Bertz CT molecular complexity index is 643. The number of benzene rings is 1. The van der Waals surface area contributed by atoms with Gasteiger partial charge in [-0.3, -0.25) is 4.79 Å². The normalized spacial score (nSPS) is 14.1. The van der Waals surface area contributed by atoms with Crippen molar-refractivity contribution in [3.63, 3.8) is 0 Å². The lowest BCUT2D eigenvalue weighted by Gasteiger charge is -2.21. The van der Waals surface area contributed by atoms with Crippen molar-refractivity contribution in [2.45, 2.75) is 38.8 Å². The van der Waals surface area contributed by atoms with E-state index in [2.05, 4.69) is 0 Å². The number of hydrogen-bond acceptors (Lipinski definition) is 3. The number of furan rings is 1. The van der Waals surface area contributed by atoms with E-state index in [1.807, 2.05) is 30.0 Å². The smallest absolute Gasteiger partial charge is 0.227 e. The molecule has 1 heterocycles. The zero-order valence-electron chi connectivity index (χ0n) is 12.1. The number of para-hydroxylation sites is 1. The molecule has 0 atom stereocenters. The standard InChI is InChI=1S/C17H19NO3/c1-12-6-9-15(21-12)11-18(14-7-8-14)17(20)10-13-4-2-3-5-16(13)19/h2-6,9,14,19H,7-8,10-11H2,1H3. The van der Waals surface area contributed by atoms with Crippen LogP contribution >= 0.6 is 0 Å². The Morgan fingerprint density at radius 3 is 2.67 bits per heavy atom. The Hall–Kier alpha value is -2.23. The average Bonchev–Trinajstić information content (AvgIpc) is 3.21. The van der Waals surface area contributed by atoms with Gasteiger partial charge < -0.3 is 14.4 Å². The van der Waals surface area contributed by atoms with E-state index >= 15 is 0 Å². The Labute approximate surface area is 124 Å². The molecule has 21 heavy (non-hydrogen) atoms. The van der Waals surface area contributed by atoms with E-state index in [0.29, 0.717) is 18.2 Å². The first kappa shape index (κ1) is 13.7. The molecule has 2 aromatic rings. The van der Waals surface area contributed by atoms with Gasteiger partial charge in [-0.1, -0.05) is 18.2 Å². The number of hydrogen-bond donors (Lipinski definition) is 1. The largest absolute Gasteiger partial charge is 0.508 e. The quantitative estimate of drug-likeness (QED) is 0.918. The number of carbonyl (C=O) groups is 1. The van der Waals surface area contributed by atoms with Gasteiger partial charge in [0, 0.05) is 11.6 Å². The molecule has 110 valence electrons. The number of carbonyl (C=O) groups excluding carboxylic acids is 1. The molecule has 1 aliphatic carbocycles. The molecular formula is C17H19NO3. The van der Waals surface area contributed by atoms with Crippen LogP contribution in [0.3, 0.4) is 0 Å². The lowest BCUT2D eigenvalue weighted by atomic mass is 10.1. The van der Waals surface area contributed by atoms with Crippen LogP contribution in [-0.2, 0) is 17.8 Å². The minimum absolute atomic E-state index is 0.0352. The van der Waals surface area contributed by atoms with Gasteiger partial charge in [0.1, 0.15) is 17.3 Å². The number of phenolic OH excluding ortho intramolecular Hbond substituents is 1. The molecular weight excluding hydrogens is 266 g/mol. The summed E-state index contributed by atoms with van der Waals surface area (Å²) in [5.41, 5.74) is 0.670. The maximum Gasteiger partial charge on any atom is 0.227 e. The minimum atomic E-state index is 0.0352. The van der Waals surface area contributed by atoms with Gasteiger partial charge in [-0.25, -0.2) is 0 Å². The van der Waals surface area contributed by atoms with Gasteiger partial charge in [0.2, 0.25) is 5.91 Å². The molecule has 0 spiro atoms. The fraction of sp³-hybridized carbons (Fsp3) is 0.353. The Morgan fingerprint density at radius 2 is 2.05 bits per heavy atom. The minimum Gasteiger partial charge on any atom is -0.508 e. The summed E-state index contributed by atoms with van der Waals surface area (Å²) in [6.07, 6.45) is 2.32. The number of rotatable bonds is 5. The predicted octanol–water partition coefficient (Wildman–Crippen LogP) is 3.03. The molecule has 0 radical (unpaired) electrons. The maximum atomic E-state index is 12.5. The Morgan fingerprint density at radius 1 is 1.29 bits per heavy atom. The van der Waals surface area contributed by atoms with Crippen LogP contribution in [0.4, 0.5) is 0 Å². The second-order valence-electron chi connectivity index (χ2n) is 5.57. The lowest BCUT2D eigenvalue weighted by Crippen LogP contribution is -2.33. The van der Waals surface area contributed by atoms with E-state index in [-0.39, 0.29) is 18.1 Å². The summed E-state index contributed by atoms with van der Waals surface area (Å²) >= 11 is 0. The van der Waals surface area contributed by atoms with Crippen molar-refractivity contribution in [3.05, 3.63) is 53.5 Å². The van der Waals surface area contributed by atoms with Gasteiger partial charge in [0.25, 0.3) is 0 Å². The predicted molar refractivity (Wildman–Crippen MR) is 78.8 cm³/mol. The van der Waals surface area contributed by atoms with Gasteiger partial charge >= 0.3 is 0 Å². The second kappa shape index (κ2) is 5.64. The number of phenols is 1. The number of aryl methyl sites for hydroxylation is 1. The van der Waals surface area contributed by atoms with Crippen molar-refractivity contribution in [3.8, 4) is 5.75 Å². The Kier molecular flexibility index (Phi) is 3.69. The number of amides is 1. The molecule has 1 N–H and O–H groups in total. The molecule has 1 amide bonds. The number of nitrogens with zero attached hydrogens (tertiary/aromatic N) is 1. The van der Waals surface area contributed by atoms with Crippen molar-refractivity contribution in [2.24, 2.45) is 0 Å². The van der Waals surface area contributed by atoms with Crippen LogP contribution in [0.25, 0.3) is 0 Å². The molecule has 1 aromatic heterocycles. The summed E-state index contributed by atoms with van der Waals surface area (Å²) in [7, 11) is 0. The molecule has 0 unspecified atom stereocenters. The zero-order chi connectivity index (χ0) is 14.8. The van der Waals surface area contributed by atoms with Crippen molar-refractivity contribution >= 4 is 5.91 Å². The first-order valence-corrected chi connectivity index (χ1v) is 7.25. The molecule has 3 rings (SSSR count). The summed E-state index contributed by atoms with van der Waals surface area (Å²) in [5.74, 6) is 1.88. The van der Waals surface area contributed by atoms with Crippen LogP contribution in [-0.4, -0.2) is 22.0 Å². The monoisotopic (exact) mass is 285 g/mol. The lowest BCUT2D eigenvalue weighted by molar-refractivity contribution is -0.132. The molecule has 4 heteroatoms. The average molecular weight is 285 g/mol. The van der Waals surface area contributed by atoms with E-state index in [1.165, 1.54) is 0 Å². The van der Waals surface area contributed by atoms with E-state index in [4.69, 9.17) is 4.42 Å². The van der Waals surface area contributed by atoms with Gasteiger partial charge in [0.15, 0.2) is 0 Å². The molecule has 1 fully saturated rings. The first-order chi connectivity index (χ1) is 10.1. The van der Waals surface area contributed by atoms with E-state index in [0.717, 1.165) is 24.4 Å². The highest BCUT2D eigenvalue weighted by molar-refractivity contribution is 5.80. The topological polar surface area (TPSA) is 53.7 Å². The first-order valence-electron chi connectivity index (χ1n) is 7.25. The van der Waals surface area contributed by atoms with Crippen molar-refractivity contribution in [1.82, 2.24) is 4.90 Å². The summed E-state index contributed by atoms with van der Waals surface area (Å²) in [6.45, 7) is 2.40. The van der Waals surface area contributed by atoms with Gasteiger partial charge in [-0.15, -0.1) is 0 Å². The molecule has 0 bridgehead atoms. The SMILES string of the molecule is Cc1ccc(CN(C(=O)Cc2ccccc2O)C2CC2)o1. The summed E-state index contributed by atoms with van der Waals surface area (Å²) in [4.78, 5) is 14.4. The fourth-order valence-electron chi connectivity index (χ4n) is 2.47. The van der Waals surface area contributed by atoms with Crippen molar-refractivity contribution in [2.75, 3.05) is 0 Å². The zero-order valence-corrected chi connectivity index (χ0v) is 12.1. The summed E-state index contributed by atoms with van der Waals surface area (Å²) < 4.78 is 5.57. The molecule has 0 aliphatic heterocycles. The second-order valence-corrected chi connectivity index (χ2v) is 5.57. The fourth-order valence-corrected chi connectivity index (χ4v) is 2.47. The molecule has 1 aromatic carbocycles. The van der Waals surface area contributed by atoms with E-state index in [1.54, 1.807) is 18.2 Å². The van der Waals surface area contributed by atoms with Crippen LogP contribution in [0.5, 0.6) is 5.75 Å². The van der Waals surface area contributed by atoms with Gasteiger partial charge in [0.05, 0.1) is 13.0 Å². The van der Waals surface area contributed by atoms with Crippen LogP contribution in [0.15, 0.2) is 40.8 Å². The highest BCUT2D eigenvalue weighted by atomic mass is 16.3. The molecule has 1 saturated carbocycles.